The van der Waals surface area contributed by atoms with E-state index in [2.05, 4.69) is 16.5 Å². The van der Waals surface area contributed by atoms with Gasteiger partial charge in [0.25, 0.3) is 0 Å². The highest BCUT2D eigenvalue weighted by molar-refractivity contribution is 7.94. The Morgan fingerprint density at radius 1 is 1.54 bits per heavy atom. The average Bonchev–Trinajstić information content (AvgIpc) is 2.18. The molecule has 0 aliphatic rings. The quantitative estimate of drug-likeness (QED) is 0.678. The van der Waals surface area contributed by atoms with Gasteiger partial charge in [-0.2, -0.15) is 0 Å². The molecule has 0 aliphatic carbocycles. The van der Waals surface area contributed by atoms with Crippen molar-refractivity contribution in [3.8, 4) is 0 Å². The van der Waals surface area contributed by atoms with Crippen LogP contribution in [0.1, 0.15) is 12.6 Å². The van der Waals surface area contributed by atoms with Crippen LogP contribution in [0, 0.1) is 0 Å². The summed E-state index contributed by atoms with van der Waals surface area (Å²) in [5, 5.41) is 0.892. The van der Waals surface area contributed by atoms with Crippen LogP contribution in [0.2, 0.25) is 0 Å². The summed E-state index contributed by atoms with van der Waals surface area (Å²) in [6.45, 7) is 5.11. The zero-order chi connectivity index (χ0) is 9.90. The van der Waals surface area contributed by atoms with Crippen molar-refractivity contribution in [2.75, 3.05) is 0 Å². The lowest BCUT2D eigenvalue weighted by Gasteiger charge is -1.98. The first-order chi connectivity index (χ1) is 6.10. The standard InChI is InChI=1S/C8H10N2O2S/c1-3-7-5-8(10-6-9-7)13(11,12)4-2/h4-6H,2-3H2,1H3. The first-order valence-corrected chi connectivity index (χ1v) is 5.33. The molecule has 1 aromatic rings. The summed E-state index contributed by atoms with van der Waals surface area (Å²) in [6.07, 6.45) is 1.93. The molecule has 1 aromatic heterocycles. The van der Waals surface area contributed by atoms with Crippen molar-refractivity contribution in [1.29, 1.82) is 0 Å². The molecular weight excluding hydrogens is 188 g/mol. The Morgan fingerprint density at radius 2 is 2.23 bits per heavy atom. The highest BCUT2D eigenvalue weighted by Gasteiger charge is 2.11. The largest absolute Gasteiger partial charge is 0.241 e. The number of aryl methyl sites for hydroxylation is 1. The smallest absolute Gasteiger partial charge is 0.216 e. The maximum Gasteiger partial charge on any atom is 0.216 e. The van der Waals surface area contributed by atoms with Crippen LogP contribution in [-0.4, -0.2) is 18.4 Å². The molecule has 0 spiro atoms. The summed E-state index contributed by atoms with van der Waals surface area (Å²) in [5.74, 6) is 0. The molecule has 0 N–H and O–H groups in total. The van der Waals surface area contributed by atoms with Gasteiger partial charge in [0.1, 0.15) is 6.33 Å². The lowest BCUT2D eigenvalue weighted by atomic mass is 10.3. The van der Waals surface area contributed by atoms with Crippen molar-refractivity contribution < 1.29 is 8.42 Å². The number of hydrogen-bond donors (Lipinski definition) is 0. The second-order valence-electron chi connectivity index (χ2n) is 2.41. The minimum absolute atomic E-state index is 0.00866. The van der Waals surface area contributed by atoms with Crippen LogP contribution in [0.25, 0.3) is 0 Å². The fourth-order valence-electron chi connectivity index (χ4n) is 0.811. The Kier molecular flexibility index (Phi) is 2.77. The SMILES string of the molecule is C=CS(=O)(=O)c1cc(CC)ncn1. The van der Waals surface area contributed by atoms with E-state index in [0.29, 0.717) is 12.1 Å². The molecule has 0 aromatic carbocycles. The monoisotopic (exact) mass is 198 g/mol. The zero-order valence-corrected chi connectivity index (χ0v) is 8.08. The van der Waals surface area contributed by atoms with Crippen LogP contribution in [-0.2, 0) is 16.3 Å². The number of hydrogen-bond acceptors (Lipinski definition) is 4. The summed E-state index contributed by atoms with van der Waals surface area (Å²) >= 11 is 0. The van der Waals surface area contributed by atoms with Gasteiger partial charge in [-0.3, -0.25) is 0 Å². The summed E-state index contributed by atoms with van der Waals surface area (Å²) in [7, 11) is -3.42. The molecule has 0 fully saturated rings. The van der Waals surface area contributed by atoms with Crippen LogP contribution in [0.3, 0.4) is 0 Å². The van der Waals surface area contributed by atoms with E-state index >= 15 is 0 Å². The molecule has 0 amide bonds. The Bertz CT molecular complexity index is 412. The van der Waals surface area contributed by atoms with Gasteiger partial charge >= 0.3 is 0 Å². The maximum atomic E-state index is 11.3. The van der Waals surface area contributed by atoms with Crippen LogP contribution in [0.15, 0.2) is 29.4 Å². The van der Waals surface area contributed by atoms with E-state index in [9.17, 15) is 8.42 Å². The van der Waals surface area contributed by atoms with Gasteiger partial charge in [-0.15, -0.1) is 0 Å². The van der Waals surface area contributed by atoms with Gasteiger partial charge in [0.15, 0.2) is 5.03 Å². The molecule has 0 aliphatic heterocycles. The van der Waals surface area contributed by atoms with Gasteiger partial charge in [0, 0.05) is 11.1 Å². The highest BCUT2D eigenvalue weighted by atomic mass is 32.2. The second-order valence-corrected chi connectivity index (χ2v) is 4.25. The topological polar surface area (TPSA) is 59.9 Å². The fraction of sp³-hybridized carbons (Fsp3) is 0.250. The lowest BCUT2D eigenvalue weighted by Crippen LogP contribution is -2.01. The summed E-state index contributed by atoms with van der Waals surface area (Å²) in [5.41, 5.74) is 0.704. The summed E-state index contributed by atoms with van der Waals surface area (Å²) < 4.78 is 22.5. The molecule has 13 heavy (non-hydrogen) atoms. The minimum Gasteiger partial charge on any atom is -0.241 e. The normalized spacial score (nSPS) is 11.2. The highest BCUT2D eigenvalue weighted by Crippen LogP contribution is 2.08. The molecule has 0 saturated heterocycles. The maximum absolute atomic E-state index is 11.3. The molecular formula is C8H10N2O2S. The van der Waals surface area contributed by atoms with Gasteiger partial charge in [-0.25, -0.2) is 18.4 Å². The molecule has 1 rings (SSSR count). The third kappa shape index (κ3) is 2.12. The van der Waals surface area contributed by atoms with E-state index in [4.69, 9.17) is 0 Å². The lowest BCUT2D eigenvalue weighted by molar-refractivity contribution is 0.600. The number of sulfone groups is 1. The van der Waals surface area contributed by atoms with Gasteiger partial charge in [-0.05, 0) is 12.5 Å². The van der Waals surface area contributed by atoms with Crippen molar-refractivity contribution in [2.24, 2.45) is 0 Å². The van der Waals surface area contributed by atoms with Crippen molar-refractivity contribution in [1.82, 2.24) is 9.97 Å². The first-order valence-electron chi connectivity index (χ1n) is 3.78. The molecule has 0 saturated carbocycles. The Labute approximate surface area is 77.3 Å². The van der Waals surface area contributed by atoms with Crippen molar-refractivity contribution in [3.63, 3.8) is 0 Å². The van der Waals surface area contributed by atoms with E-state index in [-0.39, 0.29) is 5.03 Å². The summed E-state index contributed by atoms with van der Waals surface area (Å²) in [4.78, 5) is 7.56. The number of rotatable bonds is 3. The van der Waals surface area contributed by atoms with Gasteiger partial charge in [-0.1, -0.05) is 13.5 Å². The van der Waals surface area contributed by atoms with Crippen molar-refractivity contribution in [2.45, 2.75) is 18.4 Å². The van der Waals surface area contributed by atoms with Crippen LogP contribution < -0.4 is 0 Å². The van der Waals surface area contributed by atoms with Gasteiger partial charge in [0.2, 0.25) is 9.84 Å². The molecule has 0 unspecified atom stereocenters. The van der Waals surface area contributed by atoms with Crippen LogP contribution in [0.5, 0.6) is 0 Å². The van der Waals surface area contributed by atoms with Gasteiger partial charge < -0.3 is 0 Å². The zero-order valence-electron chi connectivity index (χ0n) is 7.27. The van der Waals surface area contributed by atoms with Gasteiger partial charge in [0.05, 0.1) is 0 Å². The Hall–Kier alpha value is -1.23. The predicted octanol–water partition coefficient (Wildman–Crippen LogP) is 0.956. The first kappa shape index (κ1) is 9.85. The molecule has 70 valence electrons. The molecule has 5 heteroatoms. The molecule has 0 radical (unpaired) electrons. The molecule has 0 atom stereocenters. The molecule has 0 bridgehead atoms. The summed E-state index contributed by atoms with van der Waals surface area (Å²) in [6, 6.07) is 1.46. The van der Waals surface area contributed by atoms with E-state index in [0.717, 1.165) is 5.41 Å². The number of nitrogens with zero attached hydrogens (tertiary/aromatic N) is 2. The third-order valence-electron chi connectivity index (χ3n) is 1.57. The Balaban J connectivity index is 3.24. The van der Waals surface area contributed by atoms with Crippen molar-refractivity contribution in [3.05, 3.63) is 30.1 Å². The van der Waals surface area contributed by atoms with E-state index < -0.39 is 9.84 Å². The number of aromatic nitrogens is 2. The van der Waals surface area contributed by atoms with Crippen LogP contribution >= 0.6 is 0 Å². The van der Waals surface area contributed by atoms with E-state index in [1.54, 1.807) is 0 Å². The van der Waals surface area contributed by atoms with E-state index in [1.165, 1.54) is 12.4 Å². The second kappa shape index (κ2) is 3.66. The molecule has 1 heterocycles. The predicted molar refractivity (Wildman–Crippen MR) is 48.8 cm³/mol. The minimum atomic E-state index is -3.42. The fourth-order valence-corrected chi connectivity index (χ4v) is 1.48. The average molecular weight is 198 g/mol. The molecule has 4 nitrogen and oxygen atoms in total. The Morgan fingerprint density at radius 3 is 2.77 bits per heavy atom. The third-order valence-corrected chi connectivity index (χ3v) is 2.82. The van der Waals surface area contributed by atoms with E-state index in [1.807, 2.05) is 6.92 Å². The van der Waals surface area contributed by atoms with Crippen LogP contribution in [0.4, 0.5) is 0 Å². The van der Waals surface area contributed by atoms with Crippen molar-refractivity contribution >= 4 is 9.84 Å².